The summed E-state index contributed by atoms with van der Waals surface area (Å²) in [7, 11) is 0. The topological polar surface area (TPSA) is 40.5 Å². The maximum absolute atomic E-state index is 10.7. The minimum atomic E-state index is -0.738. The van der Waals surface area contributed by atoms with Crippen molar-refractivity contribution in [3.8, 4) is 0 Å². The Morgan fingerprint density at radius 1 is 1.28 bits per heavy atom. The molecule has 0 aliphatic carbocycles. The lowest BCUT2D eigenvalue weighted by Gasteiger charge is -2.33. The highest BCUT2D eigenvalue weighted by Crippen LogP contribution is 2.25. The highest BCUT2D eigenvalue weighted by molar-refractivity contribution is 5.66. The normalized spacial score (nSPS) is 13.0. The molecule has 1 rings (SSSR count). The van der Waals surface area contributed by atoms with Crippen molar-refractivity contribution in [3.05, 3.63) is 35.4 Å². The van der Waals surface area contributed by atoms with Gasteiger partial charge in [0.15, 0.2) is 0 Å². The van der Waals surface area contributed by atoms with Gasteiger partial charge in [0.25, 0.3) is 0 Å². The van der Waals surface area contributed by atoms with Crippen molar-refractivity contribution in [3.63, 3.8) is 0 Å². The molecule has 100 valence electrons. The predicted molar refractivity (Wildman–Crippen MR) is 73.7 cm³/mol. The van der Waals surface area contributed by atoms with Crippen molar-refractivity contribution in [1.82, 2.24) is 4.90 Å². The molecule has 1 N–H and O–H groups in total. The molecule has 0 spiro atoms. The average molecular weight is 249 g/mol. The monoisotopic (exact) mass is 249 g/mol. The standard InChI is InChI=1S/C15H23NO2/c1-11(2)16(10-9-15(17)18)13(4)14-8-6-5-7-12(14)3/h5-8,11,13H,9-10H2,1-4H3,(H,17,18). The van der Waals surface area contributed by atoms with Gasteiger partial charge >= 0.3 is 5.97 Å². The van der Waals surface area contributed by atoms with Crippen molar-refractivity contribution < 1.29 is 9.90 Å². The van der Waals surface area contributed by atoms with Crippen LogP contribution in [0, 0.1) is 6.92 Å². The molecule has 0 fully saturated rings. The molecular formula is C15H23NO2. The average Bonchev–Trinajstić information content (AvgIpc) is 2.28. The van der Waals surface area contributed by atoms with Crippen LogP contribution < -0.4 is 0 Å². The summed E-state index contributed by atoms with van der Waals surface area (Å²) in [6, 6.07) is 8.86. The maximum Gasteiger partial charge on any atom is 0.304 e. The van der Waals surface area contributed by atoms with Gasteiger partial charge in [-0.25, -0.2) is 0 Å². The van der Waals surface area contributed by atoms with Crippen LogP contribution >= 0.6 is 0 Å². The van der Waals surface area contributed by atoms with E-state index in [1.807, 2.05) is 12.1 Å². The molecule has 0 aliphatic heterocycles. The number of rotatable bonds is 6. The van der Waals surface area contributed by atoms with Gasteiger partial charge in [-0.05, 0) is 38.8 Å². The fraction of sp³-hybridized carbons (Fsp3) is 0.533. The van der Waals surface area contributed by atoms with Gasteiger partial charge < -0.3 is 5.11 Å². The summed E-state index contributed by atoms with van der Waals surface area (Å²) in [4.78, 5) is 13.0. The van der Waals surface area contributed by atoms with E-state index in [0.717, 1.165) is 0 Å². The molecule has 0 aliphatic rings. The largest absolute Gasteiger partial charge is 0.481 e. The van der Waals surface area contributed by atoms with Gasteiger partial charge in [-0.15, -0.1) is 0 Å². The highest BCUT2D eigenvalue weighted by atomic mass is 16.4. The Morgan fingerprint density at radius 3 is 2.39 bits per heavy atom. The Kier molecular flexibility index (Phi) is 5.35. The number of aliphatic carboxylic acids is 1. The van der Waals surface area contributed by atoms with Crippen molar-refractivity contribution in [2.45, 2.75) is 46.2 Å². The third kappa shape index (κ3) is 3.84. The Balaban J connectivity index is 2.86. The molecule has 1 unspecified atom stereocenters. The van der Waals surface area contributed by atoms with Crippen LogP contribution in [0.5, 0.6) is 0 Å². The number of carboxylic acid groups (broad SMARTS) is 1. The second-order valence-corrected chi connectivity index (χ2v) is 5.01. The Bertz CT molecular complexity index is 401. The first-order valence-corrected chi connectivity index (χ1v) is 6.46. The van der Waals surface area contributed by atoms with Crippen LogP contribution in [0.1, 0.15) is 44.4 Å². The van der Waals surface area contributed by atoms with Crippen molar-refractivity contribution in [2.75, 3.05) is 6.54 Å². The van der Waals surface area contributed by atoms with Crippen LogP contribution in [0.4, 0.5) is 0 Å². The molecule has 3 nitrogen and oxygen atoms in total. The van der Waals surface area contributed by atoms with Crippen LogP contribution in [-0.4, -0.2) is 28.6 Å². The second-order valence-electron chi connectivity index (χ2n) is 5.01. The molecular weight excluding hydrogens is 226 g/mol. The zero-order chi connectivity index (χ0) is 13.7. The Hall–Kier alpha value is -1.35. The second kappa shape index (κ2) is 6.55. The summed E-state index contributed by atoms with van der Waals surface area (Å²) >= 11 is 0. The smallest absolute Gasteiger partial charge is 0.304 e. The molecule has 0 bridgehead atoms. The van der Waals surface area contributed by atoms with E-state index in [9.17, 15) is 4.79 Å². The van der Waals surface area contributed by atoms with E-state index in [1.54, 1.807) is 0 Å². The number of benzene rings is 1. The first kappa shape index (κ1) is 14.7. The molecule has 18 heavy (non-hydrogen) atoms. The lowest BCUT2D eigenvalue weighted by molar-refractivity contribution is -0.137. The van der Waals surface area contributed by atoms with Gasteiger partial charge in [0, 0.05) is 18.6 Å². The summed E-state index contributed by atoms with van der Waals surface area (Å²) in [6.07, 6.45) is 0.189. The summed E-state index contributed by atoms with van der Waals surface area (Å²) in [5.74, 6) is -0.738. The number of nitrogens with zero attached hydrogens (tertiary/aromatic N) is 1. The third-order valence-electron chi connectivity index (χ3n) is 3.38. The maximum atomic E-state index is 10.7. The number of carbonyl (C=O) groups is 1. The fourth-order valence-corrected chi connectivity index (χ4v) is 2.36. The molecule has 3 heteroatoms. The molecule has 0 radical (unpaired) electrons. The van der Waals surface area contributed by atoms with E-state index in [0.29, 0.717) is 12.6 Å². The molecule has 1 aromatic rings. The van der Waals surface area contributed by atoms with Crippen LogP contribution in [0.25, 0.3) is 0 Å². The summed E-state index contributed by atoms with van der Waals surface area (Å²) < 4.78 is 0. The quantitative estimate of drug-likeness (QED) is 0.841. The highest BCUT2D eigenvalue weighted by Gasteiger charge is 2.20. The van der Waals surface area contributed by atoms with Crippen LogP contribution in [0.15, 0.2) is 24.3 Å². The number of carboxylic acids is 1. The molecule has 0 heterocycles. The molecule has 0 saturated carbocycles. The van der Waals surface area contributed by atoms with Gasteiger partial charge in [-0.2, -0.15) is 0 Å². The van der Waals surface area contributed by atoms with E-state index < -0.39 is 5.97 Å². The molecule has 0 saturated heterocycles. The third-order valence-corrected chi connectivity index (χ3v) is 3.38. The van der Waals surface area contributed by atoms with E-state index in [2.05, 4.69) is 44.7 Å². The van der Waals surface area contributed by atoms with Crippen molar-refractivity contribution in [2.24, 2.45) is 0 Å². The van der Waals surface area contributed by atoms with Crippen molar-refractivity contribution >= 4 is 5.97 Å². The number of hydrogen-bond acceptors (Lipinski definition) is 2. The molecule has 0 aromatic heterocycles. The van der Waals surface area contributed by atoms with E-state index in [1.165, 1.54) is 11.1 Å². The fourth-order valence-electron chi connectivity index (χ4n) is 2.36. The SMILES string of the molecule is Cc1ccccc1C(C)N(CCC(=O)O)C(C)C. The summed E-state index contributed by atoms with van der Waals surface area (Å²) in [5, 5.41) is 8.82. The van der Waals surface area contributed by atoms with E-state index >= 15 is 0 Å². The molecule has 1 aromatic carbocycles. The summed E-state index contributed by atoms with van der Waals surface area (Å²) in [5.41, 5.74) is 2.53. The van der Waals surface area contributed by atoms with E-state index in [-0.39, 0.29) is 12.5 Å². The van der Waals surface area contributed by atoms with Gasteiger partial charge in [0.2, 0.25) is 0 Å². The lowest BCUT2D eigenvalue weighted by Crippen LogP contribution is -2.35. The number of aryl methyl sites for hydroxylation is 1. The molecule has 0 amide bonds. The zero-order valence-corrected chi connectivity index (χ0v) is 11.7. The first-order chi connectivity index (χ1) is 8.43. The Labute approximate surface area is 109 Å². The minimum Gasteiger partial charge on any atom is -0.481 e. The van der Waals surface area contributed by atoms with Gasteiger partial charge in [0.1, 0.15) is 0 Å². The minimum absolute atomic E-state index is 0.189. The first-order valence-electron chi connectivity index (χ1n) is 6.46. The Morgan fingerprint density at radius 2 is 1.89 bits per heavy atom. The van der Waals surface area contributed by atoms with Gasteiger partial charge in [0.05, 0.1) is 6.42 Å². The van der Waals surface area contributed by atoms with Crippen LogP contribution in [-0.2, 0) is 4.79 Å². The lowest BCUT2D eigenvalue weighted by atomic mass is 10.00. The van der Waals surface area contributed by atoms with E-state index in [4.69, 9.17) is 5.11 Å². The molecule has 1 atom stereocenters. The predicted octanol–water partition coefficient (Wildman–Crippen LogP) is 3.24. The van der Waals surface area contributed by atoms with Crippen molar-refractivity contribution in [1.29, 1.82) is 0 Å². The zero-order valence-electron chi connectivity index (χ0n) is 11.7. The summed E-state index contributed by atoms with van der Waals surface area (Å²) in [6.45, 7) is 9.04. The van der Waals surface area contributed by atoms with Crippen LogP contribution in [0.2, 0.25) is 0 Å². The number of hydrogen-bond donors (Lipinski definition) is 1. The van der Waals surface area contributed by atoms with Gasteiger partial charge in [-0.1, -0.05) is 24.3 Å². The van der Waals surface area contributed by atoms with Gasteiger partial charge in [-0.3, -0.25) is 9.69 Å². The van der Waals surface area contributed by atoms with Crippen LogP contribution in [0.3, 0.4) is 0 Å².